The van der Waals surface area contributed by atoms with Crippen molar-refractivity contribution in [1.82, 2.24) is 15.0 Å². The van der Waals surface area contributed by atoms with Gasteiger partial charge in [-0.05, 0) is 30.5 Å². The minimum atomic E-state index is -0.0687. The molecule has 18 heavy (non-hydrogen) atoms. The van der Waals surface area contributed by atoms with E-state index in [1.807, 2.05) is 16.8 Å². The largest absolute Gasteiger partial charge is 0.322 e. The molecule has 0 saturated heterocycles. The first-order chi connectivity index (χ1) is 8.70. The van der Waals surface area contributed by atoms with Crippen LogP contribution in [-0.2, 0) is 13.0 Å². The second-order valence-electron chi connectivity index (χ2n) is 4.32. The lowest BCUT2D eigenvalue weighted by molar-refractivity contribution is 0.525. The number of nitrogens with two attached hydrogens (primary N) is 1. The van der Waals surface area contributed by atoms with Crippen LogP contribution in [0.25, 0.3) is 0 Å². The van der Waals surface area contributed by atoms with Gasteiger partial charge in [-0.25, -0.2) is 4.68 Å². The van der Waals surface area contributed by atoms with Gasteiger partial charge in [-0.1, -0.05) is 40.2 Å². The molecule has 1 aromatic carbocycles. The monoisotopic (exact) mass is 308 g/mol. The van der Waals surface area contributed by atoms with E-state index >= 15 is 0 Å². The van der Waals surface area contributed by atoms with Gasteiger partial charge in [-0.15, -0.1) is 5.10 Å². The summed E-state index contributed by atoms with van der Waals surface area (Å²) < 4.78 is 2.97. The van der Waals surface area contributed by atoms with E-state index in [-0.39, 0.29) is 6.04 Å². The lowest BCUT2D eigenvalue weighted by atomic mass is 10.0. The summed E-state index contributed by atoms with van der Waals surface area (Å²) in [6, 6.07) is 8.14. The molecule has 0 amide bonds. The smallest absolute Gasteiger partial charge is 0.0757 e. The zero-order chi connectivity index (χ0) is 13.0. The quantitative estimate of drug-likeness (QED) is 0.924. The maximum atomic E-state index is 6.24. The number of nitrogens with zero attached hydrogens (tertiary/aromatic N) is 3. The van der Waals surface area contributed by atoms with Crippen LogP contribution >= 0.6 is 15.9 Å². The fraction of sp³-hybridized carbons (Fsp3) is 0.385. The van der Waals surface area contributed by atoms with E-state index in [9.17, 15) is 0 Å². The third-order valence-corrected chi connectivity index (χ3v) is 3.30. The first kappa shape index (κ1) is 13.2. The molecule has 2 N–H and O–H groups in total. The van der Waals surface area contributed by atoms with Crippen molar-refractivity contribution in [1.29, 1.82) is 0 Å². The summed E-state index contributed by atoms with van der Waals surface area (Å²) in [5.74, 6) is 0. The third kappa shape index (κ3) is 3.17. The van der Waals surface area contributed by atoms with E-state index in [1.165, 1.54) is 5.56 Å². The normalized spacial score (nSPS) is 12.6. The predicted octanol–water partition coefficient (Wildman–Crippen LogP) is 2.69. The molecule has 0 spiro atoms. The molecule has 4 nitrogen and oxygen atoms in total. The minimum Gasteiger partial charge on any atom is -0.322 e. The highest BCUT2D eigenvalue weighted by Gasteiger charge is 2.13. The third-order valence-electron chi connectivity index (χ3n) is 2.81. The van der Waals surface area contributed by atoms with Gasteiger partial charge >= 0.3 is 0 Å². The van der Waals surface area contributed by atoms with E-state index in [0.29, 0.717) is 0 Å². The van der Waals surface area contributed by atoms with E-state index in [4.69, 9.17) is 5.73 Å². The number of benzene rings is 1. The van der Waals surface area contributed by atoms with Gasteiger partial charge in [0.15, 0.2) is 0 Å². The molecule has 0 saturated carbocycles. The maximum absolute atomic E-state index is 6.24. The second kappa shape index (κ2) is 6.11. The Bertz CT molecular complexity index is 509. The number of hydrogen-bond donors (Lipinski definition) is 1. The maximum Gasteiger partial charge on any atom is 0.0757 e. The zero-order valence-electron chi connectivity index (χ0n) is 10.4. The summed E-state index contributed by atoms with van der Waals surface area (Å²) in [5, 5.41) is 8.01. The average Bonchev–Trinajstić information content (AvgIpc) is 2.78. The van der Waals surface area contributed by atoms with Crippen LogP contribution in [0.1, 0.15) is 30.6 Å². The van der Waals surface area contributed by atoms with Crippen molar-refractivity contribution in [2.45, 2.75) is 32.4 Å². The van der Waals surface area contributed by atoms with Gasteiger partial charge in [-0.2, -0.15) is 0 Å². The fourth-order valence-corrected chi connectivity index (χ4v) is 2.41. The molecule has 2 aromatic rings. The molecule has 0 radical (unpaired) electrons. The molecule has 0 aliphatic carbocycles. The predicted molar refractivity (Wildman–Crippen MR) is 75.1 cm³/mol. The molecule has 1 aromatic heterocycles. The SMILES string of the molecule is CCCn1nncc1C(N)Cc1cccc(Br)c1. The fourth-order valence-electron chi connectivity index (χ4n) is 1.96. The molecule has 5 heteroatoms. The molecule has 0 fully saturated rings. The number of rotatable bonds is 5. The van der Waals surface area contributed by atoms with E-state index in [1.54, 1.807) is 6.20 Å². The van der Waals surface area contributed by atoms with Gasteiger partial charge in [0.25, 0.3) is 0 Å². The molecule has 2 rings (SSSR count). The number of halogens is 1. The van der Waals surface area contributed by atoms with E-state index in [0.717, 1.165) is 29.6 Å². The summed E-state index contributed by atoms with van der Waals surface area (Å²) >= 11 is 3.47. The van der Waals surface area contributed by atoms with Gasteiger partial charge in [0.05, 0.1) is 17.9 Å². The summed E-state index contributed by atoms with van der Waals surface area (Å²) in [6.07, 6.45) is 3.58. The lowest BCUT2D eigenvalue weighted by Crippen LogP contribution is -2.18. The van der Waals surface area contributed by atoms with Crippen LogP contribution in [0, 0.1) is 0 Å². The number of aromatic nitrogens is 3. The Morgan fingerprint density at radius 1 is 1.44 bits per heavy atom. The lowest BCUT2D eigenvalue weighted by Gasteiger charge is -2.13. The zero-order valence-corrected chi connectivity index (χ0v) is 12.0. The Labute approximate surface area is 115 Å². The van der Waals surface area contributed by atoms with Crippen LogP contribution in [0.2, 0.25) is 0 Å². The second-order valence-corrected chi connectivity index (χ2v) is 5.24. The summed E-state index contributed by atoms with van der Waals surface area (Å²) in [5.41, 5.74) is 8.44. The van der Waals surface area contributed by atoms with E-state index in [2.05, 4.69) is 45.3 Å². The van der Waals surface area contributed by atoms with E-state index < -0.39 is 0 Å². The van der Waals surface area contributed by atoms with Gasteiger partial charge in [0.2, 0.25) is 0 Å². The minimum absolute atomic E-state index is 0.0687. The molecule has 0 aliphatic heterocycles. The van der Waals surface area contributed by atoms with Crippen molar-refractivity contribution in [2.24, 2.45) is 5.73 Å². The van der Waals surface area contributed by atoms with Crippen LogP contribution in [-0.4, -0.2) is 15.0 Å². The van der Waals surface area contributed by atoms with Crippen LogP contribution in [0.4, 0.5) is 0 Å². The van der Waals surface area contributed by atoms with Crippen LogP contribution < -0.4 is 5.73 Å². The first-order valence-electron chi connectivity index (χ1n) is 6.09. The Kier molecular flexibility index (Phi) is 4.49. The summed E-state index contributed by atoms with van der Waals surface area (Å²) in [4.78, 5) is 0. The van der Waals surface area contributed by atoms with Crippen molar-refractivity contribution in [3.8, 4) is 0 Å². The Morgan fingerprint density at radius 2 is 2.28 bits per heavy atom. The average molecular weight is 309 g/mol. The standard InChI is InChI=1S/C13H17BrN4/c1-2-6-18-13(9-16-17-18)12(15)8-10-4-3-5-11(14)7-10/h3-5,7,9,12H,2,6,8,15H2,1H3. The molecule has 0 aliphatic rings. The Hall–Kier alpha value is -1.20. The Balaban J connectivity index is 2.11. The molecule has 1 heterocycles. The topological polar surface area (TPSA) is 56.7 Å². The van der Waals surface area contributed by atoms with Crippen molar-refractivity contribution in [3.63, 3.8) is 0 Å². The molecule has 0 bridgehead atoms. The van der Waals surface area contributed by atoms with Gasteiger partial charge in [-0.3, -0.25) is 0 Å². The first-order valence-corrected chi connectivity index (χ1v) is 6.88. The number of aryl methyl sites for hydroxylation is 1. The summed E-state index contributed by atoms with van der Waals surface area (Å²) in [7, 11) is 0. The summed E-state index contributed by atoms with van der Waals surface area (Å²) in [6.45, 7) is 2.98. The van der Waals surface area contributed by atoms with Crippen LogP contribution in [0.3, 0.4) is 0 Å². The van der Waals surface area contributed by atoms with Crippen molar-refractivity contribution < 1.29 is 0 Å². The highest BCUT2D eigenvalue weighted by atomic mass is 79.9. The van der Waals surface area contributed by atoms with Gasteiger partial charge in [0.1, 0.15) is 0 Å². The highest BCUT2D eigenvalue weighted by Crippen LogP contribution is 2.18. The van der Waals surface area contributed by atoms with Crippen molar-refractivity contribution >= 4 is 15.9 Å². The molecular formula is C13H17BrN4. The molecule has 1 unspecified atom stereocenters. The van der Waals surface area contributed by atoms with Crippen molar-refractivity contribution in [2.75, 3.05) is 0 Å². The number of hydrogen-bond acceptors (Lipinski definition) is 3. The highest BCUT2D eigenvalue weighted by molar-refractivity contribution is 9.10. The molecule has 1 atom stereocenters. The van der Waals surface area contributed by atoms with Crippen molar-refractivity contribution in [3.05, 3.63) is 46.2 Å². The van der Waals surface area contributed by atoms with Crippen LogP contribution in [0.5, 0.6) is 0 Å². The molecule has 96 valence electrons. The van der Waals surface area contributed by atoms with Gasteiger partial charge < -0.3 is 5.73 Å². The van der Waals surface area contributed by atoms with Crippen LogP contribution in [0.15, 0.2) is 34.9 Å². The molecular weight excluding hydrogens is 292 g/mol. The Morgan fingerprint density at radius 3 is 3.00 bits per heavy atom. The van der Waals surface area contributed by atoms with Gasteiger partial charge in [0, 0.05) is 11.0 Å².